The molecule has 1 aromatic heterocycles. The average molecular weight is 228 g/mol. The first-order valence-electron chi connectivity index (χ1n) is 5.62. The fraction of sp³-hybridized carbons (Fsp3) is 0.231. The van der Waals surface area contributed by atoms with E-state index in [1.54, 1.807) is 6.20 Å². The number of nitrogens with zero attached hydrogens (tertiary/aromatic N) is 3. The summed E-state index contributed by atoms with van der Waals surface area (Å²) in [6.07, 6.45) is 3.15. The summed E-state index contributed by atoms with van der Waals surface area (Å²) in [5.41, 5.74) is 8.84. The van der Waals surface area contributed by atoms with Crippen molar-refractivity contribution in [1.29, 1.82) is 0 Å². The molecule has 0 atom stereocenters. The van der Waals surface area contributed by atoms with Crippen molar-refractivity contribution < 1.29 is 0 Å². The molecule has 4 heteroatoms. The molecule has 1 heterocycles. The van der Waals surface area contributed by atoms with Gasteiger partial charge in [-0.25, -0.2) is 9.97 Å². The van der Waals surface area contributed by atoms with Crippen LogP contribution in [0.5, 0.6) is 0 Å². The Morgan fingerprint density at radius 3 is 2.71 bits per heavy atom. The number of nitrogen functional groups attached to an aromatic ring is 1. The average Bonchev–Trinajstić information content (AvgIpc) is 2.34. The van der Waals surface area contributed by atoms with E-state index in [1.807, 2.05) is 12.1 Å². The molecule has 2 aromatic rings. The molecule has 0 aliphatic rings. The fourth-order valence-corrected chi connectivity index (χ4v) is 1.86. The predicted molar refractivity (Wildman–Crippen MR) is 70.3 cm³/mol. The Balaban J connectivity index is 2.48. The van der Waals surface area contributed by atoms with Gasteiger partial charge in [0, 0.05) is 12.2 Å². The maximum absolute atomic E-state index is 5.92. The molecule has 2 N–H and O–H groups in total. The number of benzene rings is 1. The fourth-order valence-electron chi connectivity index (χ4n) is 1.86. The lowest BCUT2D eigenvalue weighted by atomic mass is 10.2. The molecule has 0 aliphatic carbocycles. The first kappa shape index (κ1) is 11.4. The Hall–Kier alpha value is -2.10. The molecule has 0 aliphatic heterocycles. The molecule has 17 heavy (non-hydrogen) atoms. The third-order valence-electron chi connectivity index (χ3n) is 2.70. The van der Waals surface area contributed by atoms with Crippen LogP contribution in [-0.4, -0.2) is 16.5 Å². The summed E-state index contributed by atoms with van der Waals surface area (Å²) >= 11 is 0. The van der Waals surface area contributed by atoms with Crippen molar-refractivity contribution in [3.63, 3.8) is 0 Å². The summed E-state index contributed by atoms with van der Waals surface area (Å²) in [5.74, 6) is 0.761. The molecule has 0 spiro atoms. The summed E-state index contributed by atoms with van der Waals surface area (Å²) in [7, 11) is 0. The largest absolute Gasteiger partial charge is 0.394 e. The molecule has 0 bridgehead atoms. The number of hydrogen-bond acceptors (Lipinski definition) is 4. The van der Waals surface area contributed by atoms with Crippen molar-refractivity contribution in [2.45, 2.75) is 13.8 Å². The van der Waals surface area contributed by atoms with E-state index in [9.17, 15) is 0 Å². The quantitative estimate of drug-likeness (QED) is 0.877. The van der Waals surface area contributed by atoms with Crippen molar-refractivity contribution in [3.05, 3.63) is 42.4 Å². The van der Waals surface area contributed by atoms with Gasteiger partial charge < -0.3 is 10.6 Å². The molecule has 4 nitrogen and oxygen atoms in total. The molecule has 0 amide bonds. The van der Waals surface area contributed by atoms with Crippen LogP contribution >= 0.6 is 0 Å². The lowest BCUT2D eigenvalue weighted by Gasteiger charge is -2.24. The highest BCUT2D eigenvalue weighted by Gasteiger charge is 2.13. The normalized spacial score (nSPS) is 10.2. The van der Waals surface area contributed by atoms with Gasteiger partial charge in [-0.2, -0.15) is 0 Å². The molecule has 0 unspecified atom stereocenters. The van der Waals surface area contributed by atoms with E-state index in [-0.39, 0.29) is 0 Å². The number of nitrogens with two attached hydrogens (primary N) is 1. The number of hydrogen-bond donors (Lipinski definition) is 1. The highest BCUT2D eigenvalue weighted by molar-refractivity contribution is 5.71. The number of para-hydroxylation sites is 1. The van der Waals surface area contributed by atoms with E-state index in [1.165, 1.54) is 11.9 Å². The van der Waals surface area contributed by atoms with Crippen LogP contribution < -0.4 is 10.6 Å². The molecule has 88 valence electrons. The molecule has 2 rings (SSSR count). The summed E-state index contributed by atoms with van der Waals surface area (Å²) in [6, 6.07) is 8.19. The lowest BCUT2D eigenvalue weighted by Crippen LogP contribution is -2.19. The summed E-state index contributed by atoms with van der Waals surface area (Å²) in [5, 5.41) is 0. The zero-order valence-corrected chi connectivity index (χ0v) is 10.1. The van der Waals surface area contributed by atoms with E-state index in [0.29, 0.717) is 5.69 Å². The van der Waals surface area contributed by atoms with Crippen LogP contribution in [0.4, 0.5) is 17.2 Å². The second-order valence-electron chi connectivity index (χ2n) is 3.83. The Morgan fingerprint density at radius 1 is 1.29 bits per heavy atom. The minimum absolute atomic E-state index is 0.595. The summed E-state index contributed by atoms with van der Waals surface area (Å²) < 4.78 is 0. The Kier molecular flexibility index (Phi) is 3.23. The third-order valence-corrected chi connectivity index (χ3v) is 2.70. The Morgan fingerprint density at radius 2 is 2.06 bits per heavy atom. The van der Waals surface area contributed by atoms with Crippen LogP contribution in [0.3, 0.4) is 0 Å². The van der Waals surface area contributed by atoms with Gasteiger partial charge in [-0.05, 0) is 25.5 Å². The highest BCUT2D eigenvalue weighted by Crippen LogP contribution is 2.29. The maximum Gasteiger partial charge on any atom is 0.159 e. The highest BCUT2D eigenvalue weighted by atomic mass is 15.2. The second kappa shape index (κ2) is 4.82. The van der Waals surface area contributed by atoms with Crippen LogP contribution in [0.15, 0.2) is 36.8 Å². The zero-order chi connectivity index (χ0) is 12.3. The number of aromatic nitrogens is 2. The van der Waals surface area contributed by atoms with Crippen LogP contribution in [0.25, 0.3) is 0 Å². The molecule has 1 aromatic carbocycles. The number of anilines is 3. The van der Waals surface area contributed by atoms with Crippen molar-refractivity contribution >= 4 is 17.2 Å². The van der Waals surface area contributed by atoms with Gasteiger partial charge in [0.2, 0.25) is 0 Å². The molecule has 0 radical (unpaired) electrons. The number of rotatable bonds is 3. The van der Waals surface area contributed by atoms with Gasteiger partial charge in [0.1, 0.15) is 6.33 Å². The molecule has 0 saturated heterocycles. The van der Waals surface area contributed by atoms with Crippen molar-refractivity contribution in [2.75, 3.05) is 17.2 Å². The third kappa shape index (κ3) is 2.20. The van der Waals surface area contributed by atoms with Crippen LogP contribution in [0.1, 0.15) is 12.5 Å². The van der Waals surface area contributed by atoms with Gasteiger partial charge in [-0.15, -0.1) is 0 Å². The topological polar surface area (TPSA) is 55.0 Å². The lowest BCUT2D eigenvalue weighted by molar-refractivity contribution is 0.973. The zero-order valence-electron chi connectivity index (χ0n) is 10.1. The van der Waals surface area contributed by atoms with Gasteiger partial charge in [-0.1, -0.05) is 18.2 Å². The van der Waals surface area contributed by atoms with E-state index in [2.05, 4.69) is 40.8 Å². The molecule has 0 fully saturated rings. The van der Waals surface area contributed by atoms with E-state index in [4.69, 9.17) is 5.73 Å². The minimum Gasteiger partial charge on any atom is -0.394 e. The van der Waals surface area contributed by atoms with Crippen LogP contribution in [0.2, 0.25) is 0 Å². The molecule has 0 saturated carbocycles. The van der Waals surface area contributed by atoms with Gasteiger partial charge in [0.15, 0.2) is 5.82 Å². The predicted octanol–water partition coefficient (Wildman–Crippen LogP) is 2.53. The van der Waals surface area contributed by atoms with Crippen LogP contribution in [0, 0.1) is 6.92 Å². The first-order chi connectivity index (χ1) is 8.24. The van der Waals surface area contributed by atoms with Gasteiger partial charge >= 0.3 is 0 Å². The minimum atomic E-state index is 0.595. The smallest absolute Gasteiger partial charge is 0.159 e. The molecular weight excluding hydrogens is 212 g/mol. The SMILES string of the molecule is CCN(c1ccccc1C)c1ncncc1N. The Bertz CT molecular complexity index is 465. The maximum atomic E-state index is 5.92. The van der Waals surface area contributed by atoms with E-state index < -0.39 is 0 Å². The van der Waals surface area contributed by atoms with Gasteiger partial charge in [-0.3, -0.25) is 0 Å². The van der Waals surface area contributed by atoms with Crippen molar-refractivity contribution in [3.8, 4) is 0 Å². The summed E-state index contributed by atoms with van der Waals surface area (Å²) in [6.45, 7) is 4.97. The monoisotopic (exact) mass is 228 g/mol. The van der Waals surface area contributed by atoms with Gasteiger partial charge in [0.25, 0.3) is 0 Å². The van der Waals surface area contributed by atoms with Crippen molar-refractivity contribution in [1.82, 2.24) is 9.97 Å². The number of aryl methyl sites for hydroxylation is 1. The molecular formula is C13H16N4. The van der Waals surface area contributed by atoms with E-state index >= 15 is 0 Å². The van der Waals surface area contributed by atoms with Crippen molar-refractivity contribution in [2.24, 2.45) is 0 Å². The first-order valence-corrected chi connectivity index (χ1v) is 5.62. The Labute approximate surface area is 101 Å². The summed E-state index contributed by atoms with van der Waals surface area (Å²) in [4.78, 5) is 10.3. The van der Waals surface area contributed by atoms with Gasteiger partial charge in [0.05, 0.1) is 11.9 Å². The second-order valence-corrected chi connectivity index (χ2v) is 3.83. The van der Waals surface area contributed by atoms with E-state index in [0.717, 1.165) is 18.1 Å². The van der Waals surface area contributed by atoms with Crippen LogP contribution in [-0.2, 0) is 0 Å². The standard InChI is InChI=1S/C13H16N4/c1-3-17(12-7-5-4-6-10(12)2)13-11(14)8-15-9-16-13/h4-9H,3,14H2,1-2H3.